The number of likely N-dealkylation sites (tertiary alicyclic amines) is 2. The molecule has 3 saturated heterocycles. The molecule has 4 heteroatoms. The van der Waals surface area contributed by atoms with Crippen molar-refractivity contribution in [1.29, 1.82) is 0 Å². The van der Waals surface area contributed by atoms with Crippen molar-refractivity contribution in [3.63, 3.8) is 0 Å². The minimum absolute atomic E-state index is 0.366. The average molecular weight is 372 g/mol. The highest BCUT2D eigenvalue weighted by Crippen LogP contribution is 2.37. The van der Waals surface area contributed by atoms with Crippen molar-refractivity contribution < 1.29 is 4.74 Å². The summed E-state index contributed by atoms with van der Waals surface area (Å²) >= 11 is 0. The zero-order valence-corrected chi connectivity index (χ0v) is 17.6. The fourth-order valence-electron chi connectivity index (χ4n) is 5.20. The number of nitrogens with zero attached hydrogens (tertiary/aromatic N) is 3. The molecular formula is C23H37N3O. The van der Waals surface area contributed by atoms with Crippen LogP contribution in [0.3, 0.4) is 0 Å². The molecule has 150 valence electrons. The lowest BCUT2D eigenvalue weighted by atomic mass is 10.1. The van der Waals surface area contributed by atoms with E-state index in [0.29, 0.717) is 30.3 Å². The Bertz CT molecular complexity index is 610. The van der Waals surface area contributed by atoms with E-state index in [2.05, 4.69) is 66.7 Å². The Hall–Kier alpha value is -1.26. The quantitative estimate of drug-likeness (QED) is 0.779. The van der Waals surface area contributed by atoms with Crippen LogP contribution in [-0.4, -0.2) is 66.3 Å². The number of ether oxygens (including phenoxy) is 1. The highest BCUT2D eigenvalue weighted by molar-refractivity contribution is 5.54. The Kier molecular flexibility index (Phi) is 5.65. The van der Waals surface area contributed by atoms with Gasteiger partial charge in [-0.25, -0.2) is 0 Å². The molecule has 27 heavy (non-hydrogen) atoms. The first-order valence-corrected chi connectivity index (χ1v) is 11.0. The van der Waals surface area contributed by atoms with Gasteiger partial charge in [-0.05, 0) is 65.5 Å². The minimum atomic E-state index is 0.366. The van der Waals surface area contributed by atoms with Crippen molar-refractivity contribution in [2.45, 2.75) is 83.6 Å². The van der Waals surface area contributed by atoms with E-state index in [1.807, 2.05) is 0 Å². The third-order valence-electron chi connectivity index (χ3n) is 6.87. The first-order valence-electron chi connectivity index (χ1n) is 11.0. The third-order valence-corrected chi connectivity index (χ3v) is 6.87. The van der Waals surface area contributed by atoms with Crippen LogP contribution in [0.5, 0.6) is 5.75 Å². The van der Waals surface area contributed by atoms with E-state index in [4.69, 9.17) is 4.74 Å². The Morgan fingerprint density at radius 1 is 0.852 bits per heavy atom. The Labute approximate surface area is 165 Å². The van der Waals surface area contributed by atoms with Crippen LogP contribution in [-0.2, 0) is 0 Å². The van der Waals surface area contributed by atoms with Gasteiger partial charge in [-0.1, -0.05) is 6.07 Å². The second-order valence-electron chi connectivity index (χ2n) is 9.28. The zero-order valence-electron chi connectivity index (χ0n) is 17.6. The largest absolute Gasteiger partial charge is 0.490 e. The van der Waals surface area contributed by atoms with Crippen LogP contribution in [0.15, 0.2) is 24.3 Å². The molecule has 4 nitrogen and oxygen atoms in total. The maximum Gasteiger partial charge on any atom is 0.121 e. The van der Waals surface area contributed by atoms with Crippen molar-refractivity contribution in [1.82, 2.24) is 9.80 Å². The van der Waals surface area contributed by atoms with E-state index in [-0.39, 0.29) is 0 Å². The minimum Gasteiger partial charge on any atom is -0.490 e. The fraction of sp³-hybridized carbons (Fsp3) is 0.739. The van der Waals surface area contributed by atoms with Gasteiger partial charge in [0.1, 0.15) is 11.9 Å². The van der Waals surface area contributed by atoms with Crippen LogP contribution in [0, 0.1) is 0 Å². The molecular weight excluding hydrogens is 334 g/mol. The zero-order chi connectivity index (χ0) is 19.0. The average Bonchev–Trinajstić information content (AvgIpc) is 2.91. The summed E-state index contributed by atoms with van der Waals surface area (Å²) in [6, 6.07) is 11.5. The van der Waals surface area contributed by atoms with Gasteiger partial charge in [0.2, 0.25) is 0 Å². The van der Waals surface area contributed by atoms with Crippen LogP contribution in [0.25, 0.3) is 0 Å². The third kappa shape index (κ3) is 4.12. The highest BCUT2D eigenvalue weighted by Gasteiger charge is 2.40. The van der Waals surface area contributed by atoms with Crippen LogP contribution < -0.4 is 9.64 Å². The topological polar surface area (TPSA) is 19.0 Å². The number of hydrogen-bond donors (Lipinski definition) is 0. The molecule has 0 unspecified atom stereocenters. The van der Waals surface area contributed by atoms with Gasteiger partial charge in [0, 0.05) is 62.1 Å². The lowest BCUT2D eigenvalue weighted by Gasteiger charge is -2.44. The van der Waals surface area contributed by atoms with E-state index in [0.717, 1.165) is 31.7 Å². The molecule has 2 atom stereocenters. The van der Waals surface area contributed by atoms with Gasteiger partial charge in [-0.15, -0.1) is 0 Å². The number of fused-ring (bicyclic) bond motifs is 2. The van der Waals surface area contributed by atoms with Gasteiger partial charge in [0.25, 0.3) is 0 Å². The summed E-state index contributed by atoms with van der Waals surface area (Å²) in [6.45, 7) is 13.9. The number of piperidine rings is 1. The van der Waals surface area contributed by atoms with Gasteiger partial charge < -0.3 is 14.5 Å². The number of benzene rings is 1. The molecule has 0 spiro atoms. The molecule has 2 bridgehead atoms. The molecule has 0 aliphatic carbocycles. The van der Waals surface area contributed by atoms with Gasteiger partial charge in [0.05, 0.1) is 0 Å². The summed E-state index contributed by atoms with van der Waals surface area (Å²) in [4.78, 5) is 7.90. The van der Waals surface area contributed by atoms with Crippen LogP contribution in [0.1, 0.15) is 53.4 Å². The maximum atomic E-state index is 6.40. The van der Waals surface area contributed by atoms with Crippen LogP contribution in [0.4, 0.5) is 5.69 Å². The van der Waals surface area contributed by atoms with Crippen molar-refractivity contribution in [3.8, 4) is 5.75 Å². The molecule has 0 N–H and O–H groups in total. The summed E-state index contributed by atoms with van der Waals surface area (Å²) in [5.74, 6) is 1.06. The fourth-order valence-corrected chi connectivity index (χ4v) is 5.20. The summed E-state index contributed by atoms with van der Waals surface area (Å²) in [6.07, 6.45) is 5.30. The smallest absolute Gasteiger partial charge is 0.121 e. The lowest BCUT2D eigenvalue weighted by Crippen LogP contribution is -2.55. The molecule has 3 heterocycles. The monoisotopic (exact) mass is 371 g/mol. The molecule has 3 fully saturated rings. The van der Waals surface area contributed by atoms with Crippen molar-refractivity contribution >= 4 is 5.69 Å². The molecule has 1 aromatic rings. The molecule has 3 aliphatic rings. The van der Waals surface area contributed by atoms with E-state index < -0.39 is 0 Å². The standard InChI is InChI=1S/C23H37N3O/c1-17(2)24-12-10-22(11-13-24)27-23-7-5-6-19(14-23)26-20-8-9-21(26)16-25(15-20)18(3)4/h5-7,14,17-18,20-22H,8-13,15-16H2,1-4H3/t20-,21+. The van der Waals surface area contributed by atoms with E-state index in [1.54, 1.807) is 0 Å². The number of hydrogen-bond acceptors (Lipinski definition) is 4. The summed E-state index contributed by atoms with van der Waals surface area (Å²) in [5.41, 5.74) is 1.36. The van der Waals surface area contributed by atoms with Gasteiger partial charge in [-0.2, -0.15) is 0 Å². The summed E-state index contributed by atoms with van der Waals surface area (Å²) in [5, 5.41) is 0. The molecule has 0 radical (unpaired) electrons. The molecule has 1 aromatic carbocycles. The van der Waals surface area contributed by atoms with Crippen molar-refractivity contribution in [2.75, 3.05) is 31.1 Å². The van der Waals surface area contributed by atoms with Gasteiger partial charge >= 0.3 is 0 Å². The van der Waals surface area contributed by atoms with Crippen molar-refractivity contribution in [3.05, 3.63) is 24.3 Å². The molecule has 0 amide bonds. The van der Waals surface area contributed by atoms with Crippen molar-refractivity contribution in [2.24, 2.45) is 0 Å². The summed E-state index contributed by atoms with van der Waals surface area (Å²) in [7, 11) is 0. The second kappa shape index (κ2) is 8.00. The van der Waals surface area contributed by atoms with E-state index in [9.17, 15) is 0 Å². The Morgan fingerprint density at radius 2 is 1.48 bits per heavy atom. The number of anilines is 1. The molecule has 4 rings (SSSR count). The number of rotatable bonds is 5. The Balaban J connectivity index is 1.40. The predicted octanol–water partition coefficient (Wildman–Crippen LogP) is 4.00. The SMILES string of the molecule is CC(C)N1CCC(Oc2cccc(N3[C@@H]4CC[C@H]3CN(C(C)C)C4)c2)CC1. The van der Waals surface area contributed by atoms with E-state index >= 15 is 0 Å². The lowest BCUT2D eigenvalue weighted by molar-refractivity contribution is 0.0843. The molecule has 0 saturated carbocycles. The molecule has 3 aliphatic heterocycles. The first-order chi connectivity index (χ1) is 13.0. The highest BCUT2D eigenvalue weighted by atomic mass is 16.5. The van der Waals surface area contributed by atoms with Crippen LogP contribution in [0.2, 0.25) is 0 Å². The van der Waals surface area contributed by atoms with E-state index in [1.165, 1.54) is 31.6 Å². The van der Waals surface area contributed by atoms with Gasteiger partial charge in [-0.3, -0.25) is 4.90 Å². The number of piperazine rings is 1. The second-order valence-corrected chi connectivity index (χ2v) is 9.28. The maximum absolute atomic E-state index is 6.40. The summed E-state index contributed by atoms with van der Waals surface area (Å²) < 4.78 is 6.40. The Morgan fingerprint density at radius 3 is 2.07 bits per heavy atom. The first kappa shape index (κ1) is 19.1. The normalized spacial score (nSPS) is 27.7. The molecule has 0 aromatic heterocycles. The van der Waals surface area contributed by atoms with Gasteiger partial charge in [0.15, 0.2) is 0 Å². The predicted molar refractivity (Wildman–Crippen MR) is 113 cm³/mol. The van der Waals surface area contributed by atoms with Crippen LogP contribution >= 0.6 is 0 Å².